The van der Waals surface area contributed by atoms with E-state index in [0.29, 0.717) is 49.9 Å². The van der Waals surface area contributed by atoms with E-state index in [1.54, 1.807) is 27.8 Å². The molecule has 10 heteroatoms. The Morgan fingerprint density at radius 1 is 1.12 bits per heavy atom. The van der Waals surface area contributed by atoms with Crippen molar-refractivity contribution in [1.82, 2.24) is 19.6 Å². The van der Waals surface area contributed by atoms with Gasteiger partial charge in [-0.25, -0.2) is 8.78 Å². The molecule has 1 aromatic heterocycles. The van der Waals surface area contributed by atoms with Crippen molar-refractivity contribution in [2.45, 2.75) is 55.9 Å². The van der Waals surface area contributed by atoms with Crippen LogP contribution in [-0.4, -0.2) is 62.1 Å². The predicted molar refractivity (Wildman–Crippen MR) is 116 cm³/mol. The first kappa shape index (κ1) is 21.1. The predicted octanol–water partition coefficient (Wildman–Crippen LogP) is 3.10. The maximum absolute atomic E-state index is 13.8. The minimum Gasteiger partial charge on any atom is -0.342 e. The van der Waals surface area contributed by atoms with E-state index >= 15 is 0 Å². The Morgan fingerprint density at radius 3 is 2.64 bits per heavy atom. The molecule has 0 saturated carbocycles. The number of likely N-dealkylation sites (tertiary alicyclic amines) is 1. The highest BCUT2D eigenvalue weighted by Gasteiger charge is 2.58. The Kier molecular flexibility index (Phi) is 4.99. The van der Waals surface area contributed by atoms with Crippen LogP contribution in [-0.2, 0) is 21.8 Å². The number of amides is 2. The molecule has 7 nitrogen and oxygen atoms in total. The van der Waals surface area contributed by atoms with E-state index in [-0.39, 0.29) is 11.8 Å². The fraction of sp³-hybridized carbons (Fsp3) is 0.522. The molecule has 2 amide bonds. The Morgan fingerprint density at radius 2 is 1.88 bits per heavy atom. The molecule has 4 aliphatic rings. The first-order valence-corrected chi connectivity index (χ1v) is 12.5. The molecule has 1 spiro atoms. The lowest BCUT2D eigenvalue weighted by atomic mass is 9.89. The minimum atomic E-state index is -0.972. The first-order chi connectivity index (χ1) is 15.9. The first-order valence-electron chi connectivity index (χ1n) is 11.3. The monoisotopic (exact) mass is 474 g/mol. The van der Waals surface area contributed by atoms with Crippen molar-refractivity contribution in [3.8, 4) is 0 Å². The number of carbonyl (C=O) groups is 2. The van der Waals surface area contributed by atoms with Gasteiger partial charge in [0.1, 0.15) is 17.9 Å². The van der Waals surface area contributed by atoms with Crippen molar-refractivity contribution in [1.29, 1.82) is 0 Å². The SMILES string of the molecule is O=C(c1cnn2c1CSCC2)N1CCC2(CC1)OC1CCC(c3cc(F)cc(F)c3)N1C2=O. The molecule has 2 aromatic rings. The standard InChI is InChI=1S/C23H24F2N4O3S/c24-15-9-14(10-16(25)11-15)18-1-2-20-29(18)22(31)23(32-20)3-5-27(6-4-23)21(30)17-12-26-28-7-8-33-13-19(17)28/h9-12,18,20H,1-8,13H2. The van der Waals surface area contributed by atoms with Gasteiger partial charge in [-0.1, -0.05) is 0 Å². The molecule has 33 heavy (non-hydrogen) atoms. The van der Waals surface area contributed by atoms with E-state index < -0.39 is 29.5 Å². The van der Waals surface area contributed by atoms with Crippen molar-refractivity contribution in [3.63, 3.8) is 0 Å². The number of fused-ring (bicyclic) bond motifs is 2. The lowest BCUT2D eigenvalue weighted by Crippen LogP contribution is -2.51. The summed E-state index contributed by atoms with van der Waals surface area (Å²) in [5.74, 6) is 0.291. The summed E-state index contributed by atoms with van der Waals surface area (Å²) in [6, 6.07) is 3.02. The molecule has 0 aliphatic carbocycles. The lowest BCUT2D eigenvalue weighted by molar-refractivity contribution is -0.142. The number of nitrogens with zero attached hydrogens (tertiary/aromatic N) is 4. The zero-order valence-corrected chi connectivity index (χ0v) is 18.8. The van der Waals surface area contributed by atoms with Crippen molar-refractivity contribution in [2.75, 3.05) is 18.8 Å². The van der Waals surface area contributed by atoms with E-state index in [0.717, 1.165) is 29.8 Å². The number of aromatic nitrogens is 2. The van der Waals surface area contributed by atoms with Crippen LogP contribution in [0.3, 0.4) is 0 Å². The van der Waals surface area contributed by atoms with Crippen LogP contribution in [0.5, 0.6) is 0 Å². The van der Waals surface area contributed by atoms with E-state index in [1.165, 1.54) is 12.1 Å². The molecule has 174 valence electrons. The molecule has 2 unspecified atom stereocenters. The highest BCUT2D eigenvalue weighted by atomic mass is 32.2. The van der Waals surface area contributed by atoms with E-state index in [4.69, 9.17) is 4.74 Å². The summed E-state index contributed by atoms with van der Waals surface area (Å²) < 4.78 is 35.8. The third-order valence-corrected chi connectivity index (χ3v) is 8.26. The summed E-state index contributed by atoms with van der Waals surface area (Å²) >= 11 is 1.80. The summed E-state index contributed by atoms with van der Waals surface area (Å²) in [5.41, 5.74) is 1.10. The van der Waals surface area contributed by atoms with Gasteiger partial charge >= 0.3 is 0 Å². The van der Waals surface area contributed by atoms with Crippen LogP contribution >= 0.6 is 11.8 Å². The van der Waals surface area contributed by atoms with Crippen LogP contribution in [0.25, 0.3) is 0 Å². The summed E-state index contributed by atoms with van der Waals surface area (Å²) in [7, 11) is 0. The van der Waals surface area contributed by atoms with Crippen LogP contribution in [0, 0.1) is 11.6 Å². The molecular weight excluding hydrogens is 450 g/mol. The molecule has 3 saturated heterocycles. The van der Waals surface area contributed by atoms with Crippen molar-refractivity contribution < 1.29 is 23.1 Å². The number of benzene rings is 1. The third kappa shape index (κ3) is 3.37. The number of aryl methyl sites for hydroxylation is 1. The quantitative estimate of drug-likeness (QED) is 0.669. The second-order valence-electron chi connectivity index (χ2n) is 9.15. The van der Waals surface area contributed by atoms with E-state index in [1.807, 2.05) is 4.68 Å². The van der Waals surface area contributed by atoms with Gasteiger partial charge in [-0.3, -0.25) is 14.3 Å². The third-order valence-electron chi connectivity index (χ3n) is 7.31. The van der Waals surface area contributed by atoms with Gasteiger partial charge in [0.2, 0.25) is 0 Å². The normalized spacial score (nSPS) is 26.1. The van der Waals surface area contributed by atoms with Crippen LogP contribution in [0.2, 0.25) is 0 Å². The maximum atomic E-state index is 13.8. The summed E-state index contributed by atoms with van der Waals surface area (Å²) in [6.07, 6.45) is 3.31. The van der Waals surface area contributed by atoms with Gasteiger partial charge in [-0.05, 0) is 30.5 Å². The van der Waals surface area contributed by atoms with Crippen molar-refractivity contribution in [2.24, 2.45) is 0 Å². The minimum absolute atomic E-state index is 0.0485. The van der Waals surface area contributed by atoms with Crippen molar-refractivity contribution in [3.05, 3.63) is 52.9 Å². The van der Waals surface area contributed by atoms with Crippen LogP contribution in [0.4, 0.5) is 8.78 Å². The highest BCUT2D eigenvalue weighted by Crippen LogP contribution is 2.47. The van der Waals surface area contributed by atoms with E-state index in [9.17, 15) is 18.4 Å². The summed E-state index contributed by atoms with van der Waals surface area (Å²) in [5, 5.41) is 4.36. The molecular formula is C23H24F2N4O3S. The second-order valence-corrected chi connectivity index (χ2v) is 10.3. The Balaban J connectivity index is 1.18. The maximum Gasteiger partial charge on any atom is 0.257 e. The zero-order valence-electron chi connectivity index (χ0n) is 18.0. The molecule has 0 radical (unpaired) electrons. The van der Waals surface area contributed by atoms with Gasteiger partial charge in [0.15, 0.2) is 5.60 Å². The molecule has 3 fully saturated rings. The number of rotatable bonds is 2. The van der Waals surface area contributed by atoms with Gasteiger partial charge in [-0.15, -0.1) is 0 Å². The van der Waals surface area contributed by atoms with E-state index in [2.05, 4.69) is 5.10 Å². The number of piperidine rings is 1. The molecule has 4 aliphatic heterocycles. The second kappa shape index (κ2) is 7.80. The number of halogens is 2. The molecule has 0 N–H and O–H groups in total. The topological polar surface area (TPSA) is 67.7 Å². The van der Waals surface area contributed by atoms with Crippen LogP contribution in [0.1, 0.15) is 53.3 Å². The smallest absolute Gasteiger partial charge is 0.257 e. The molecule has 0 bridgehead atoms. The Bertz CT molecular complexity index is 1110. The fourth-order valence-electron chi connectivity index (χ4n) is 5.64. The zero-order chi connectivity index (χ0) is 22.7. The van der Waals surface area contributed by atoms with Gasteiger partial charge in [-0.2, -0.15) is 16.9 Å². The van der Waals surface area contributed by atoms with Crippen molar-refractivity contribution >= 4 is 23.6 Å². The number of hydrogen-bond acceptors (Lipinski definition) is 5. The Hall–Kier alpha value is -2.46. The molecule has 5 heterocycles. The lowest BCUT2D eigenvalue weighted by Gasteiger charge is -2.37. The average Bonchev–Trinajstić information content (AvgIpc) is 3.48. The van der Waals surface area contributed by atoms with Gasteiger partial charge in [0, 0.05) is 43.5 Å². The van der Waals surface area contributed by atoms with Gasteiger partial charge < -0.3 is 14.5 Å². The number of hydrogen-bond donors (Lipinski definition) is 0. The number of thioether (sulfide) groups is 1. The molecule has 2 atom stereocenters. The number of carbonyl (C=O) groups excluding carboxylic acids is 2. The highest BCUT2D eigenvalue weighted by molar-refractivity contribution is 7.98. The summed E-state index contributed by atoms with van der Waals surface area (Å²) in [6.45, 7) is 1.65. The molecule has 1 aromatic carbocycles. The average molecular weight is 475 g/mol. The fourth-order valence-corrected chi connectivity index (χ4v) is 6.58. The van der Waals surface area contributed by atoms with Crippen LogP contribution in [0.15, 0.2) is 24.4 Å². The Labute approximate surface area is 194 Å². The van der Waals surface area contributed by atoms with Crippen LogP contribution < -0.4 is 0 Å². The molecule has 6 rings (SSSR count). The largest absolute Gasteiger partial charge is 0.342 e. The van der Waals surface area contributed by atoms with Gasteiger partial charge in [0.25, 0.3) is 11.8 Å². The number of ether oxygens (including phenoxy) is 1. The summed E-state index contributed by atoms with van der Waals surface area (Å²) in [4.78, 5) is 30.1. The van der Waals surface area contributed by atoms with Gasteiger partial charge in [0.05, 0.1) is 30.0 Å².